The van der Waals surface area contributed by atoms with Crippen LogP contribution in [0.2, 0.25) is 10.0 Å². The molecule has 0 aliphatic heterocycles. The van der Waals surface area contributed by atoms with Crippen LogP contribution in [0.15, 0.2) is 18.2 Å². The van der Waals surface area contributed by atoms with Crippen LogP contribution in [0.4, 0.5) is 5.69 Å². The summed E-state index contributed by atoms with van der Waals surface area (Å²) in [6.07, 6.45) is 0. The molecule has 0 spiro atoms. The highest BCUT2D eigenvalue weighted by Crippen LogP contribution is 2.26. The van der Waals surface area contributed by atoms with Gasteiger partial charge in [0.05, 0.1) is 15.7 Å². The Kier molecular flexibility index (Phi) is 1.84. The van der Waals surface area contributed by atoms with Crippen molar-refractivity contribution >= 4 is 28.9 Å². The highest BCUT2D eigenvalue weighted by molar-refractivity contribution is 6.43. The molecule has 0 atom stereocenters. The maximum absolute atomic E-state index is 5.62. The number of anilines is 1. The molecule has 1 nitrogen and oxygen atoms in total. The van der Waals surface area contributed by atoms with Gasteiger partial charge in [-0.25, -0.2) is 0 Å². The standard InChI is InChI=1S/C6H5Cl2N/c7-4-2-1-3-5(9)6(4)8/h1-3H,9H2/i1+2,2+2,3+2,4+2,5+2,6+2. The fraction of sp³-hybridized carbons (Fsp3) is 0. The molecule has 0 aliphatic carbocycles. The van der Waals surface area contributed by atoms with Crippen molar-refractivity contribution in [2.45, 2.75) is 0 Å². The van der Waals surface area contributed by atoms with Gasteiger partial charge in [0.25, 0.3) is 0 Å². The molecule has 1 aromatic carbocycles. The first-order chi connectivity index (χ1) is 4.22. The summed E-state index contributed by atoms with van der Waals surface area (Å²) in [5, 5.41) is 0.927. The summed E-state index contributed by atoms with van der Waals surface area (Å²) in [6.45, 7) is 0. The minimum Gasteiger partial charge on any atom is -0.397 e. The van der Waals surface area contributed by atoms with E-state index in [-0.39, 0.29) is 0 Å². The highest BCUT2D eigenvalue weighted by Gasteiger charge is 1.97. The van der Waals surface area contributed by atoms with Crippen molar-refractivity contribution in [1.82, 2.24) is 0 Å². The van der Waals surface area contributed by atoms with Crippen LogP contribution >= 0.6 is 23.2 Å². The molecule has 2 N–H and O–H groups in total. The fourth-order valence-corrected chi connectivity index (χ4v) is 0.828. The number of nitrogens with two attached hydrogens (primary N) is 1. The van der Waals surface area contributed by atoms with Gasteiger partial charge in [0.15, 0.2) is 0 Å². The third kappa shape index (κ3) is 1.29. The molecule has 0 unspecified atom stereocenters. The lowest BCUT2D eigenvalue weighted by molar-refractivity contribution is 1.68. The van der Waals surface area contributed by atoms with E-state index in [9.17, 15) is 0 Å². The summed E-state index contributed by atoms with van der Waals surface area (Å²) in [5.41, 5.74) is 5.92. The number of benzene rings is 1. The SMILES string of the molecule is N[14c]1[14cH][14cH][14cH][14c](Cl)[14c]1Cl. The molecule has 0 radical (unpaired) electrons. The smallest absolute Gasteiger partial charge is 0.0821 e. The van der Waals surface area contributed by atoms with Crippen LogP contribution in [0.3, 0.4) is 0 Å². The van der Waals surface area contributed by atoms with Crippen molar-refractivity contribution in [3.05, 3.63) is 28.2 Å². The van der Waals surface area contributed by atoms with Crippen LogP contribution < -0.4 is 5.73 Å². The average Bonchev–Trinajstić information content (AvgIpc) is 1.83. The molecular weight excluding hydrogens is 169 g/mol. The first-order valence-corrected chi connectivity index (χ1v) is 3.17. The second-order valence-corrected chi connectivity index (χ2v) is 2.43. The normalized spacial score (nSPS) is 9.56. The molecule has 0 fully saturated rings. The summed E-state index contributed by atoms with van der Waals surface area (Å²) in [7, 11) is 0. The van der Waals surface area contributed by atoms with E-state index in [1.54, 1.807) is 18.2 Å². The van der Waals surface area contributed by atoms with E-state index in [1.165, 1.54) is 0 Å². The van der Waals surface area contributed by atoms with Crippen molar-refractivity contribution < 1.29 is 0 Å². The van der Waals surface area contributed by atoms with Crippen LogP contribution in [0.1, 0.15) is 0 Å². The number of rotatable bonds is 0. The zero-order chi connectivity index (χ0) is 6.85. The second-order valence-electron chi connectivity index (χ2n) is 1.64. The molecule has 1 rings (SSSR count). The van der Waals surface area contributed by atoms with Crippen LogP contribution in [0.5, 0.6) is 0 Å². The monoisotopic (exact) mass is 173 g/mol. The zero-order valence-electron chi connectivity index (χ0n) is 4.57. The first-order valence-electron chi connectivity index (χ1n) is 2.41. The summed E-state index contributed by atoms with van der Waals surface area (Å²) in [4.78, 5) is 0. The Morgan fingerprint density at radius 3 is 2.33 bits per heavy atom. The molecule has 3 heteroatoms. The molecule has 0 bridgehead atoms. The zero-order valence-corrected chi connectivity index (χ0v) is 6.08. The van der Waals surface area contributed by atoms with Gasteiger partial charge in [-0.2, -0.15) is 0 Å². The lowest BCUT2D eigenvalue weighted by Gasteiger charge is -1.96. The molecule has 0 aromatic heterocycles. The van der Waals surface area contributed by atoms with Crippen LogP contribution in [-0.2, 0) is 0 Å². The Morgan fingerprint density at radius 2 is 1.89 bits per heavy atom. The molecule has 0 amide bonds. The van der Waals surface area contributed by atoms with E-state index in [0.29, 0.717) is 15.7 Å². The predicted molar refractivity (Wildman–Crippen MR) is 40.9 cm³/mol. The fourth-order valence-electron chi connectivity index (χ4n) is 0.520. The number of hydrogen-bond donors (Lipinski definition) is 1. The number of nitrogen functional groups attached to an aromatic ring is 1. The van der Waals surface area contributed by atoms with E-state index in [1.807, 2.05) is 0 Å². The van der Waals surface area contributed by atoms with Gasteiger partial charge in [-0.05, 0) is 12.1 Å². The average molecular weight is 174 g/mol. The molecular formula is C6H5Cl2N. The quantitative estimate of drug-likeness (QED) is 0.601. The van der Waals surface area contributed by atoms with Crippen LogP contribution in [-0.4, -0.2) is 0 Å². The van der Waals surface area contributed by atoms with Crippen molar-refractivity contribution in [2.75, 3.05) is 5.73 Å². The molecule has 1 aromatic rings. The highest BCUT2D eigenvalue weighted by atomic mass is 35.5. The summed E-state index contributed by atoms with van der Waals surface area (Å²) in [5.74, 6) is 0. The van der Waals surface area contributed by atoms with Gasteiger partial charge >= 0.3 is 0 Å². The van der Waals surface area contributed by atoms with Crippen molar-refractivity contribution in [1.29, 1.82) is 0 Å². The molecule has 0 aliphatic rings. The van der Waals surface area contributed by atoms with Crippen molar-refractivity contribution in [3.8, 4) is 0 Å². The molecule has 0 saturated carbocycles. The lowest BCUT2D eigenvalue weighted by atomic mass is 12.2. The predicted octanol–water partition coefficient (Wildman–Crippen LogP) is 2.58. The van der Waals surface area contributed by atoms with E-state index in [2.05, 4.69) is 0 Å². The van der Waals surface area contributed by atoms with Gasteiger partial charge in [0.2, 0.25) is 0 Å². The Balaban J connectivity index is 3.25. The Labute approximate surface area is 63.4 Å². The molecule has 0 heterocycles. The Hall–Kier alpha value is -0.400. The maximum atomic E-state index is 5.62. The largest absolute Gasteiger partial charge is 0.397 e. The van der Waals surface area contributed by atoms with Crippen molar-refractivity contribution in [2.24, 2.45) is 0 Å². The van der Waals surface area contributed by atoms with E-state index >= 15 is 0 Å². The second kappa shape index (κ2) is 2.46. The van der Waals surface area contributed by atoms with Gasteiger partial charge < -0.3 is 5.73 Å². The minimum absolute atomic E-state index is 0.430. The van der Waals surface area contributed by atoms with E-state index in [4.69, 9.17) is 28.9 Å². The van der Waals surface area contributed by atoms with Gasteiger partial charge in [-0.3, -0.25) is 0 Å². The van der Waals surface area contributed by atoms with Gasteiger partial charge in [0, 0.05) is 0 Å². The van der Waals surface area contributed by atoms with Crippen LogP contribution in [0.25, 0.3) is 0 Å². The topological polar surface area (TPSA) is 26.0 Å². The maximum Gasteiger partial charge on any atom is 0.0821 e. The number of hydrogen-bond acceptors (Lipinski definition) is 1. The van der Waals surface area contributed by atoms with Gasteiger partial charge in [0.1, 0.15) is 0 Å². The van der Waals surface area contributed by atoms with Crippen LogP contribution in [0, 0.1) is 0 Å². The first kappa shape index (κ1) is 6.72. The molecule has 48 valence electrons. The third-order valence-electron chi connectivity index (χ3n) is 0.981. The number of halogens is 2. The van der Waals surface area contributed by atoms with Gasteiger partial charge in [-0.1, -0.05) is 29.3 Å². The Morgan fingerprint density at radius 1 is 1.22 bits per heavy atom. The minimum atomic E-state index is 0.430. The lowest BCUT2D eigenvalue weighted by Crippen LogP contribution is -1.84. The molecule has 9 heavy (non-hydrogen) atoms. The molecule has 0 saturated heterocycles. The van der Waals surface area contributed by atoms with Crippen molar-refractivity contribution in [3.63, 3.8) is 0 Å². The van der Waals surface area contributed by atoms with E-state index in [0.717, 1.165) is 0 Å². The summed E-state index contributed by atoms with van der Waals surface area (Å²) in [6, 6.07) is 5.15. The van der Waals surface area contributed by atoms with Gasteiger partial charge in [-0.15, -0.1) is 0 Å². The summed E-state index contributed by atoms with van der Waals surface area (Å²) >= 11 is 11.2. The summed E-state index contributed by atoms with van der Waals surface area (Å²) < 4.78 is 0. The van der Waals surface area contributed by atoms with E-state index < -0.39 is 0 Å². The Bertz CT molecular complexity index is 202. The third-order valence-corrected chi connectivity index (χ3v) is 1.81.